The Morgan fingerprint density at radius 3 is 2.38 bits per heavy atom. The third-order valence-electron chi connectivity index (χ3n) is 0.504. The molecule has 2 N–H and O–H groups in total. The smallest absolute Gasteiger partial charge is 0.306 e. The van der Waals surface area contributed by atoms with E-state index in [4.69, 9.17) is 10.2 Å². The molecule has 0 heterocycles. The third-order valence-corrected chi connectivity index (χ3v) is 0.504. The van der Waals surface area contributed by atoms with Gasteiger partial charge < -0.3 is 10.2 Å². The average molecular weight is 117 g/mol. The minimum Gasteiger partial charge on any atom is -0.481 e. The molecule has 0 saturated heterocycles. The summed E-state index contributed by atoms with van der Waals surface area (Å²) in [4.78, 5) is 19.0. The van der Waals surface area contributed by atoms with E-state index in [9.17, 15) is 9.59 Å². The summed E-state index contributed by atoms with van der Waals surface area (Å²) < 4.78 is 0. The second-order valence-electron chi connectivity index (χ2n) is 1.23. The molecule has 0 aromatic rings. The Labute approximate surface area is 45.7 Å². The Morgan fingerprint density at radius 2 is 2.25 bits per heavy atom. The van der Waals surface area contributed by atoms with Crippen LogP contribution in [-0.2, 0) is 9.59 Å². The molecule has 0 rings (SSSR count). The minimum absolute atomic E-state index is 0.566. The van der Waals surface area contributed by atoms with Gasteiger partial charge in [-0.1, -0.05) is 0 Å². The number of carboxylic acids is 1. The highest BCUT2D eigenvalue weighted by atomic mass is 16.4. The van der Waals surface area contributed by atoms with E-state index in [0.29, 0.717) is 0 Å². The van der Waals surface area contributed by atoms with Crippen molar-refractivity contribution in [2.75, 3.05) is 0 Å². The van der Waals surface area contributed by atoms with Crippen LogP contribution in [0, 0.1) is 0 Å². The summed E-state index contributed by atoms with van der Waals surface area (Å²) in [7, 11) is 0. The molecule has 0 saturated carbocycles. The zero-order valence-corrected chi connectivity index (χ0v) is 4.00. The highest BCUT2D eigenvalue weighted by molar-refractivity contribution is 5.72. The van der Waals surface area contributed by atoms with Gasteiger partial charge in [0.05, 0.1) is 6.42 Å². The Balaban J connectivity index is 3.38. The summed E-state index contributed by atoms with van der Waals surface area (Å²) in [6.07, 6.45) is -0.924. The summed E-state index contributed by atoms with van der Waals surface area (Å²) in [5, 5.41) is 16.1. The van der Waals surface area contributed by atoms with Crippen LogP contribution in [0.2, 0.25) is 0 Å². The summed E-state index contributed by atoms with van der Waals surface area (Å²) in [6.45, 7) is 0. The molecule has 0 aliphatic heterocycles. The van der Waals surface area contributed by atoms with Gasteiger partial charge in [0.2, 0.25) is 6.29 Å². The molecular weight excluding hydrogens is 112 g/mol. The topological polar surface area (TPSA) is 74.6 Å². The maximum absolute atomic E-state index is 9.63. The van der Waals surface area contributed by atoms with E-state index in [1.807, 2.05) is 0 Å². The first-order chi connectivity index (χ1) is 3.66. The van der Waals surface area contributed by atoms with Crippen LogP contribution in [0.4, 0.5) is 0 Å². The molecule has 1 atom stereocenters. The van der Waals surface area contributed by atoms with Crippen LogP contribution in [0.1, 0.15) is 6.42 Å². The number of hydrogen-bond acceptors (Lipinski definition) is 3. The lowest BCUT2D eigenvalue weighted by Gasteiger charge is -1.91. The molecule has 4 nitrogen and oxygen atoms in total. The summed E-state index contributed by atoms with van der Waals surface area (Å²) in [6, 6.07) is 0. The fraction of sp³-hybridized carbons (Fsp3) is 0.500. The van der Waals surface area contributed by atoms with Crippen molar-refractivity contribution in [1.82, 2.24) is 0 Å². The third kappa shape index (κ3) is 3.30. The normalized spacial score (nSPS) is 12.6. The second-order valence-corrected chi connectivity index (χ2v) is 1.23. The Kier molecular flexibility index (Phi) is 2.79. The summed E-state index contributed by atoms with van der Waals surface area (Å²) >= 11 is 0. The number of aliphatic hydroxyl groups excluding tert-OH is 1. The molecule has 0 aliphatic carbocycles. The predicted octanol–water partition coefficient (Wildman–Crippen LogP) is -1.07. The van der Waals surface area contributed by atoms with Crippen molar-refractivity contribution < 1.29 is 19.8 Å². The molecule has 0 aromatic carbocycles. The molecule has 45 valence electrons. The number of aliphatic hydroxyl groups is 1. The van der Waals surface area contributed by atoms with Crippen LogP contribution in [0.15, 0.2) is 0 Å². The molecule has 4 heteroatoms. The number of hydrogen-bond donors (Lipinski definition) is 2. The van der Waals surface area contributed by atoms with Gasteiger partial charge >= 0.3 is 5.97 Å². The van der Waals surface area contributed by atoms with Crippen molar-refractivity contribution in [2.24, 2.45) is 0 Å². The average Bonchev–Trinajstić information content (AvgIpc) is 1.65. The van der Waals surface area contributed by atoms with Crippen molar-refractivity contribution in [3.63, 3.8) is 0 Å². The quantitative estimate of drug-likeness (QED) is 0.493. The highest BCUT2D eigenvalue weighted by Gasteiger charge is 2.06. The van der Waals surface area contributed by atoms with Crippen LogP contribution in [0.25, 0.3) is 0 Å². The molecule has 1 unspecified atom stereocenters. The minimum atomic E-state index is -1.48. The van der Waals surface area contributed by atoms with Crippen molar-refractivity contribution in [1.29, 1.82) is 0 Å². The Hall–Kier alpha value is -0.900. The van der Waals surface area contributed by atoms with E-state index in [2.05, 4.69) is 0 Å². The van der Waals surface area contributed by atoms with Gasteiger partial charge in [-0.25, -0.2) is 0 Å². The SMILES string of the molecule is O=[C]C(O)CC(=O)O. The molecular formula is C4H5O4. The van der Waals surface area contributed by atoms with E-state index >= 15 is 0 Å². The van der Waals surface area contributed by atoms with Gasteiger partial charge in [0.25, 0.3) is 0 Å². The monoisotopic (exact) mass is 117 g/mol. The van der Waals surface area contributed by atoms with Gasteiger partial charge in [-0.2, -0.15) is 0 Å². The number of aliphatic carboxylic acids is 1. The maximum atomic E-state index is 9.63. The van der Waals surface area contributed by atoms with E-state index in [1.165, 1.54) is 0 Å². The van der Waals surface area contributed by atoms with E-state index in [-0.39, 0.29) is 0 Å². The largest absolute Gasteiger partial charge is 0.481 e. The van der Waals surface area contributed by atoms with E-state index < -0.39 is 18.5 Å². The second kappa shape index (κ2) is 3.15. The highest BCUT2D eigenvalue weighted by Crippen LogP contribution is 1.84. The summed E-state index contributed by atoms with van der Waals surface area (Å²) in [5.41, 5.74) is 0. The first kappa shape index (κ1) is 7.10. The molecule has 0 spiro atoms. The lowest BCUT2D eigenvalue weighted by atomic mass is 10.3. The van der Waals surface area contributed by atoms with Crippen molar-refractivity contribution in [2.45, 2.75) is 12.5 Å². The molecule has 0 bridgehead atoms. The fourth-order valence-electron chi connectivity index (χ4n) is 0.207. The van der Waals surface area contributed by atoms with Crippen LogP contribution >= 0.6 is 0 Å². The van der Waals surface area contributed by atoms with Crippen LogP contribution in [-0.4, -0.2) is 28.6 Å². The van der Waals surface area contributed by atoms with Crippen molar-refractivity contribution >= 4 is 12.3 Å². The van der Waals surface area contributed by atoms with Gasteiger partial charge in [0, 0.05) is 0 Å². The number of carbonyl (C=O) groups excluding carboxylic acids is 1. The molecule has 0 aliphatic rings. The molecule has 0 fully saturated rings. The number of carboxylic acid groups (broad SMARTS) is 1. The summed E-state index contributed by atoms with van der Waals surface area (Å²) in [5.74, 6) is -1.21. The zero-order valence-electron chi connectivity index (χ0n) is 4.00. The van der Waals surface area contributed by atoms with Crippen LogP contribution < -0.4 is 0 Å². The number of carbonyl (C=O) groups is 1. The first-order valence-electron chi connectivity index (χ1n) is 1.94. The molecule has 0 amide bonds. The van der Waals surface area contributed by atoms with Crippen LogP contribution in [0.5, 0.6) is 0 Å². The lowest BCUT2D eigenvalue weighted by Crippen LogP contribution is -2.13. The standard InChI is InChI=1S/C4H5O4/c5-2-3(6)1-4(7)8/h3,6H,1H2,(H,7,8). The fourth-order valence-corrected chi connectivity index (χ4v) is 0.207. The molecule has 1 radical (unpaired) electrons. The Bertz CT molecular complexity index is 98.2. The predicted molar refractivity (Wildman–Crippen MR) is 24.0 cm³/mol. The maximum Gasteiger partial charge on any atom is 0.306 e. The Morgan fingerprint density at radius 1 is 1.75 bits per heavy atom. The first-order valence-corrected chi connectivity index (χ1v) is 1.94. The van der Waals surface area contributed by atoms with Gasteiger partial charge in [-0.15, -0.1) is 0 Å². The van der Waals surface area contributed by atoms with Gasteiger partial charge in [0.15, 0.2) is 0 Å². The zero-order chi connectivity index (χ0) is 6.57. The van der Waals surface area contributed by atoms with E-state index in [0.717, 1.165) is 6.29 Å². The molecule has 0 aromatic heterocycles. The van der Waals surface area contributed by atoms with Crippen molar-refractivity contribution in [3.05, 3.63) is 0 Å². The van der Waals surface area contributed by atoms with Gasteiger partial charge in [-0.3, -0.25) is 9.59 Å². The van der Waals surface area contributed by atoms with Gasteiger partial charge in [0.1, 0.15) is 6.10 Å². The van der Waals surface area contributed by atoms with E-state index in [1.54, 1.807) is 0 Å². The lowest BCUT2D eigenvalue weighted by molar-refractivity contribution is -0.138. The van der Waals surface area contributed by atoms with Crippen molar-refractivity contribution in [3.8, 4) is 0 Å². The van der Waals surface area contributed by atoms with Gasteiger partial charge in [-0.05, 0) is 0 Å². The van der Waals surface area contributed by atoms with Crippen LogP contribution in [0.3, 0.4) is 0 Å². The number of rotatable bonds is 3. The molecule has 8 heavy (non-hydrogen) atoms.